The molecule has 1 amide bonds. The molecule has 1 unspecified atom stereocenters. The van der Waals surface area contributed by atoms with Gasteiger partial charge >= 0.3 is 0 Å². The van der Waals surface area contributed by atoms with Gasteiger partial charge in [-0.25, -0.2) is 0 Å². The van der Waals surface area contributed by atoms with E-state index in [0.29, 0.717) is 25.2 Å². The first-order valence-electron chi connectivity index (χ1n) is 10.9. The van der Waals surface area contributed by atoms with Crippen LogP contribution in [-0.2, 0) is 16.1 Å². The summed E-state index contributed by atoms with van der Waals surface area (Å²) < 4.78 is 5.40. The first kappa shape index (κ1) is 19.8. The molecule has 154 valence electrons. The predicted molar refractivity (Wildman–Crippen MR) is 109 cm³/mol. The molecule has 0 aromatic carbocycles. The maximum atomic E-state index is 12.9. The number of morpholine rings is 1. The number of carbonyl (C=O) groups excluding carboxylic acids is 1. The van der Waals surface area contributed by atoms with E-state index in [1.54, 1.807) is 0 Å². The molecule has 6 nitrogen and oxygen atoms in total. The van der Waals surface area contributed by atoms with Gasteiger partial charge in [0, 0.05) is 51.0 Å². The summed E-state index contributed by atoms with van der Waals surface area (Å²) in [5.41, 5.74) is 2.27. The van der Waals surface area contributed by atoms with Crippen molar-refractivity contribution in [3.63, 3.8) is 0 Å². The van der Waals surface area contributed by atoms with E-state index in [1.807, 2.05) is 4.90 Å². The average molecular weight is 387 g/mol. The molecule has 1 atom stereocenters. The van der Waals surface area contributed by atoms with Crippen molar-refractivity contribution in [3.05, 3.63) is 29.6 Å². The summed E-state index contributed by atoms with van der Waals surface area (Å²) in [5.74, 6) is 0.539. The van der Waals surface area contributed by atoms with Gasteiger partial charge in [-0.15, -0.1) is 0 Å². The molecular weight excluding hydrogens is 352 g/mol. The van der Waals surface area contributed by atoms with Gasteiger partial charge in [0.25, 0.3) is 0 Å². The van der Waals surface area contributed by atoms with Gasteiger partial charge in [0.1, 0.15) is 0 Å². The monoisotopic (exact) mass is 386 g/mol. The van der Waals surface area contributed by atoms with Crippen LogP contribution < -0.4 is 0 Å². The zero-order valence-corrected chi connectivity index (χ0v) is 17.2. The van der Waals surface area contributed by atoms with Gasteiger partial charge in [0.05, 0.1) is 24.8 Å². The van der Waals surface area contributed by atoms with Gasteiger partial charge in [-0.2, -0.15) is 0 Å². The fourth-order valence-electron chi connectivity index (χ4n) is 4.94. The molecule has 3 fully saturated rings. The number of piperidine rings is 2. The van der Waals surface area contributed by atoms with Gasteiger partial charge in [-0.05, 0) is 51.3 Å². The van der Waals surface area contributed by atoms with Gasteiger partial charge in [0.2, 0.25) is 5.91 Å². The molecule has 0 aliphatic carbocycles. The molecule has 3 aliphatic rings. The minimum atomic E-state index is 0.182. The third kappa shape index (κ3) is 4.91. The SMILES string of the molecule is Cc1cccc(CN2CCC(N3CCCC(C(=O)N4CCOCC4)C3)CC2)n1. The highest BCUT2D eigenvalue weighted by atomic mass is 16.5. The largest absolute Gasteiger partial charge is 0.378 e. The Kier molecular flexibility index (Phi) is 6.60. The smallest absolute Gasteiger partial charge is 0.227 e. The summed E-state index contributed by atoms with van der Waals surface area (Å²) in [7, 11) is 0. The summed E-state index contributed by atoms with van der Waals surface area (Å²) >= 11 is 0. The average Bonchev–Trinajstić information content (AvgIpc) is 2.74. The molecule has 4 rings (SSSR count). The van der Waals surface area contributed by atoms with Crippen molar-refractivity contribution in [2.75, 3.05) is 52.5 Å². The third-order valence-electron chi connectivity index (χ3n) is 6.53. The molecule has 0 spiro atoms. The second-order valence-electron chi connectivity index (χ2n) is 8.55. The number of pyridine rings is 1. The van der Waals surface area contributed by atoms with Gasteiger partial charge in [0.15, 0.2) is 0 Å². The second-order valence-corrected chi connectivity index (χ2v) is 8.55. The lowest BCUT2D eigenvalue weighted by Gasteiger charge is -2.43. The Morgan fingerprint density at radius 2 is 1.89 bits per heavy atom. The van der Waals surface area contributed by atoms with Gasteiger partial charge in [-0.3, -0.25) is 19.6 Å². The Morgan fingerprint density at radius 3 is 2.64 bits per heavy atom. The molecule has 4 heterocycles. The van der Waals surface area contributed by atoms with Crippen LogP contribution in [0.2, 0.25) is 0 Å². The van der Waals surface area contributed by atoms with Crippen molar-refractivity contribution in [1.82, 2.24) is 19.7 Å². The van der Waals surface area contributed by atoms with Crippen molar-refractivity contribution in [2.45, 2.75) is 45.2 Å². The van der Waals surface area contributed by atoms with Gasteiger partial charge < -0.3 is 9.64 Å². The number of carbonyl (C=O) groups is 1. The summed E-state index contributed by atoms with van der Waals surface area (Å²) in [6, 6.07) is 6.91. The highest BCUT2D eigenvalue weighted by molar-refractivity contribution is 5.79. The molecule has 0 radical (unpaired) electrons. The van der Waals surface area contributed by atoms with Crippen LogP contribution in [0.5, 0.6) is 0 Å². The Morgan fingerprint density at radius 1 is 1.11 bits per heavy atom. The topological polar surface area (TPSA) is 48.9 Å². The second kappa shape index (κ2) is 9.33. The summed E-state index contributed by atoms with van der Waals surface area (Å²) in [4.78, 5) is 24.7. The first-order valence-corrected chi connectivity index (χ1v) is 10.9. The number of likely N-dealkylation sites (tertiary alicyclic amines) is 2. The molecule has 0 bridgehead atoms. The van der Waals surface area contributed by atoms with Gasteiger partial charge in [-0.1, -0.05) is 6.07 Å². The Labute approximate surface area is 168 Å². The lowest BCUT2D eigenvalue weighted by Crippen LogP contribution is -2.52. The number of amides is 1. The number of hydrogen-bond donors (Lipinski definition) is 0. The maximum Gasteiger partial charge on any atom is 0.227 e. The van der Waals surface area contributed by atoms with E-state index in [1.165, 1.54) is 18.5 Å². The van der Waals surface area contributed by atoms with E-state index in [2.05, 4.69) is 39.9 Å². The van der Waals surface area contributed by atoms with Crippen LogP contribution in [0.3, 0.4) is 0 Å². The summed E-state index contributed by atoms with van der Waals surface area (Å²) in [5, 5.41) is 0. The molecule has 0 N–H and O–H groups in total. The maximum absolute atomic E-state index is 12.9. The number of nitrogens with zero attached hydrogens (tertiary/aromatic N) is 4. The van der Waals surface area contributed by atoms with Crippen molar-refractivity contribution in [1.29, 1.82) is 0 Å². The van der Waals surface area contributed by atoms with Crippen LogP contribution in [0, 0.1) is 12.8 Å². The van der Waals surface area contributed by atoms with E-state index >= 15 is 0 Å². The first-order chi connectivity index (χ1) is 13.7. The number of hydrogen-bond acceptors (Lipinski definition) is 5. The Balaban J connectivity index is 1.26. The van der Waals surface area contributed by atoms with Crippen molar-refractivity contribution in [3.8, 4) is 0 Å². The number of rotatable bonds is 4. The summed E-state index contributed by atoms with van der Waals surface area (Å²) in [6.45, 7) is 10.3. The minimum Gasteiger partial charge on any atom is -0.378 e. The molecule has 3 saturated heterocycles. The molecule has 1 aromatic heterocycles. The zero-order valence-electron chi connectivity index (χ0n) is 17.2. The zero-order chi connectivity index (χ0) is 19.3. The highest BCUT2D eigenvalue weighted by Gasteiger charge is 2.33. The molecule has 6 heteroatoms. The standard InChI is InChI=1S/C22H34N4O2/c1-18-4-2-6-20(23-18)17-24-10-7-21(8-11-24)26-9-3-5-19(16-26)22(27)25-12-14-28-15-13-25/h2,4,6,19,21H,3,5,7-17H2,1H3. The van der Waals surface area contributed by atoms with E-state index in [0.717, 1.165) is 64.3 Å². The van der Waals surface area contributed by atoms with Crippen molar-refractivity contribution < 1.29 is 9.53 Å². The van der Waals surface area contributed by atoms with E-state index in [4.69, 9.17) is 4.74 Å². The fraction of sp³-hybridized carbons (Fsp3) is 0.727. The fourth-order valence-corrected chi connectivity index (χ4v) is 4.94. The molecule has 28 heavy (non-hydrogen) atoms. The normalized spacial score (nSPS) is 25.8. The van der Waals surface area contributed by atoms with Crippen LogP contribution >= 0.6 is 0 Å². The van der Waals surface area contributed by atoms with E-state index in [9.17, 15) is 4.79 Å². The number of aromatic nitrogens is 1. The van der Waals surface area contributed by atoms with Crippen LogP contribution in [0.15, 0.2) is 18.2 Å². The Hall–Kier alpha value is -1.50. The van der Waals surface area contributed by atoms with Crippen LogP contribution in [0.1, 0.15) is 37.1 Å². The van der Waals surface area contributed by atoms with Crippen LogP contribution in [-0.4, -0.2) is 84.1 Å². The third-order valence-corrected chi connectivity index (χ3v) is 6.53. The quantitative estimate of drug-likeness (QED) is 0.791. The van der Waals surface area contributed by atoms with Crippen LogP contribution in [0.25, 0.3) is 0 Å². The van der Waals surface area contributed by atoms with Crippen molar-refractivity contribution in [2.24, 2.45) is 5.92 Å². The van der Waals surface area contributed by atoms with Crippen LogP contribution in [0.4, 0.5) is 0 Å². The minimum absolute atomic E-state index is 0.182. The lowest BCUT2D eigenvalue weighted by molar-refractivity contribution is -0.142. The van der Waals surface area contributed by atoms with E-state index in [-0.39, 0.29) is 5.92 Å². The molecular formula is C22H34N4O2. The molecule has 1 aromatic rings. The lowest BCUT2D eigenvalue weighted by atomic mass is 9.92. The summed E-state index contributed by atoms with van der Waals surface area (Å²) in [6.07, 6.45) is 4.59. The van der Waals surface area contributed by atoms with E-state index < -0.39 is 0 Å². The number of ether oxygens (including phenoxy) is 1. The molecule has 0 saturated carbocycles. The van der Waals surface area contributed by atoms with Crippen molar-refractivity contribution >= 4 is 5.91 Å². The molecule has 3 aliphatic heterocycles. The predicted octanol–water partition coefficient (Wildman–Crippen LogP) is 1.93. The highest BCUT2D eigenvalue weighted by Crippen LogP contribution is 2.26. The number of aryl methyl sites for hydroxylation is 1. The Bertz CT molecular complexity index is 654.